The number of imidazole rings is 3. The van der Waals surface area contributed by atoms with Gasteiger partial charge in [0.15, 0.2) is 0 Å². The molecule has 3 heterocycles. The third-order valence-electron chi connectivity index (χ3n) is 6.87. The van der Waals surface area contributed by atoms with E-state index in [1.807, 2.05) is 46.1 Å². The van der Waals surface area contributed by atoms with Crippen LogP contribution in [0.1, 0.15) is 31.3 Å². The van der Waals surface area contributed by atoms with Gasteiger partial charge in [-0.15, -0.1) is 0 Å². The number of non-ortho nitro benzene ring substituents is 2. The minimum atomic E-state index is -10.7. The first-order valence-electron chi connectivity index (χ1n) is 16.9. The average Bonchev–Trinajstić information content (AvgIpc) is 3.92. The van der Waals surface area contributed by atoms with Crippen molar-refractivity contribution < 1.29 is 75.3 Å². The summed E-state index contributed by atoms with van der Waals surface area (Å²) in [6, 6.07) is 8.68. The maximum atomic E-state index is 11.7. The van der Waals surface area contributed by atoms with Crippen molar-refractivity contribution in [2.45, 2.75) is 33.5 Å². The molecular weight excluding hydrogens is 918 g/mol. The molecule has 5 rings (SSSR count). The van der Waals surface area contributed by atoms with E-state index in [4.69, 9.17) is 4.74 Å². The molecule has 0 N–H and O–H groups in total. The van der Waals surface area contributed by atoms with Gasteiger partial charge in [-0.3, -0.25) is 25.1 Å². The third-order valence-corrected chi connectivity index (χ3v) is 7.74. The zero-order valence-corrected chi connectivity index (χ0v) is 34.9. The van der Waals surface area contributed by atoms with Crippen molar-refractivity contribution >= 4 is 45.6 Å². The molecule has 0 atom stereocenters. The standard InChI is InChI=1S/C18H21N7.C12H9N2O8P.C4H10O.Cu.F6P/c1-4-23-10-7-19-16(23)13-22(14-17-20-8-11-24(17)5-2)15-18-21-9-12-25(18)6-3;15-13(16)9-1-5-11(6-2-9)21-23(19,20)22-12-7-3-10(4-8-12)14(17)18;1-3-5-4-2;;1-7(2,3,4,5)6/h4-12H,1-3,13-15H2;1-8H,(H,19,20);3-4H2,1-2H3;;/q;;;+2;-1/p-1. The minimum absolute atomic E-state index is 0. The Labute approximate surface area is 355 Å². The van der Waals surface area contributed by atoms with Gasteiger partial charge in [0.1, 0.15) is 29.0 Å². The van der Waals surface area contributed by atoms with Crippen molar-refractivity contribution in [3.63, 3.8) is 0 Å². The predicted molar refractivity (Wildman–Crippen MR) is 210 cm³/mol. The summed E-state index contributed by atoms with van der Waals surface area (Å²) in [5, 5.41) is 21.0. The summed E-state index contributed by atoms with van der Waals surface area (Å²) in [5.41, 5.74) is -0.455. The molecule has 61 heavy (non-hydrogen) atoms. The SMILES string of the molecule is C=Cn1ccnc1CN(Cc1nccn1C=C)Cc1nccn1C=C.CCOCC.F[P-](F)(F)(F)(F)F.O=[N+]([O-])c1ccc(OP(=O)([O-])Oc2ccc([N+](=O)[O-])cc2)cc1.[Cu+2]. The summed E-state index contributed by atoms with van der Waals surface area (Å²) in [6.07, 6.45) is 16.2. The van der Waals surface area contributed by atoms with Crippen LogP contribution in [-0.2, 0) is 46.0 Å². The van der Waals surface area contributed by atoms with Crippen molar-refractivity contribution in [2.75, 3.05) is 13.2 Å². The van der Waals surface area contributed by atoms with Crippen molar-refractivity contribution in [3.8, 4) is 11.5 Å². The Morgan fingerprint density at radius 2 is 0.951 bits per heavy atom. The van der Waals surface area contributed by atoms with Gasteiger partial charge >= 0.3 is 57.9 Å². The molecule has 0 fully saturated rings. The molecule has 0 bridgehead atoms. The van der Waals surface area contributed by atoms with E-state index in [1.54, 1.807) is 37.2 Å². The number of nitro groups is 2. The second kappa shape index (κ2) is 22.8. The van der Waals surface area contributed by atoms with Crippen LogP contribution in [0.15, 0.2) is 105 Å². The number of nitro benzene ring substituents is 2. The van der Waals surface area contributed by atoms with Crippen LogP contribution in [0.4, 0.5) is 36.6 Å². The monoisotopic (exact) mass is 956 g/mol. The fourth-order valence-corrected chi connectivity index (χ4v) is 5.20. The first kappa shape index (κ1) is 53.3. The third kappa shape index (κ3) is 21.9. The number of aromatic nitrogens is 6. The van der Waals surface area contributed by atoms with Gasteiger partial charge in [-0.05, 0) is 38.1 Å². The van der Waals surface area contributed by atoms with E-state index >= 15 is 0 Å². The van der Waals surface area contributed by atoms with E-state index in [9.17, 15) is 54.9 Å². The van der Waals surface area contributed by atoms with E-state index in [0.717, 1.165) is 79.2 Å². The van der Waals surface area contributed by atoms with E-state index in [1.165, 1.54) is 0 Å². The Kier molecular flexibility index (Phi) is 19.9. The number of phosphoric acid groups is 1. The summed E-state index contributed by atoms with van der Waals surface area (Å²) in [4.78, 5) is 46.9. The Morgan fingerprint density at radius 3 is 1.16 bits per heavy atom. The molecule has 18 nitrogen and oxygen atoms in total. The number of halogens is 6. The second-order valence-corrected chi connectivity index (χ2v) is 14.5. The van der Waals surface area contributed by atoms with E-state index in [-0.39, 0.29) is 39.9 Å². The normalized spacial score (nSPS) is 11.9. The maximum absolute atomic E-state index is 11.7. The van der Waals surface area contributed by atoms with E-state index in [2.05, 4.69) is 48.6 Å². The van der Waals surface area contributed by atoms with E-state index in [0.29, 0.717) is 19.6 Å². The molecule has 5 aromatic rings. The van der Waals surface area contributed by atoms with E-state index < -0.39 is 25.5 Å². The first-order valence-corrected chi connectivity index (χ1v) is 20.4. The van der Waals surface area contributed by atoms with Crippen LogP contribution < -0.4 is 13.9 Å². The zero-order chi connectivity index (χ0) is 45.2. The molecule has 1 radical (unpaired) electrons. The number of hydrogen-bond donors (Lipinski definition) is 0. The molecule has 2 aromatic carbocycles. The van der Waals surface area contributed by atoms with Gasteiger partial charge < -0.3 is 32.4 Å². The molecule has 0 unspecified atom stereocenters. The second-order valence-electron chi connectivity index (χ2n) is 11.3. The molecule has 0 aliphatic rings. The average molecular weight is 957 g/mol. The predicted octanol–water partition coefficient (Wildman–Crippen LogP) is 9.63. The Balaban J connectivity index is 0.000000477. The number of ether oxygens (including phenoxy) is 1. The number of phosphoric ester groups is 1. The Hall–Kier alpha value is -5.67. The van der Waals surface area contributed by atoms with Gasteiger partial charge in [0.05, 0.1) is 29.5 Å². The number of hydrogen-bond acceptors (Lipinski definition) is 13. The van der Waals surface area contributed by atoms with Crippen molar-refractivity contribution in [2.24, 2.45) is 0 Å². The largest absolute Gasteiger partial charge is 2.00 e. The molecule has 27 heteroatoms. The summed E-state index contributed by atoms with van der Waals surface area (Å²) in [7, 11) is -15.5. The van der Waals surface area contributed by atoms with Gasteiger partial charge in [0, 0.05) is 93.3 Å². The van der Waals surface area contributed by atoms with Gasteiger partial charge in [-0.1, -0.05) is 19.7 Å². The number of rotatable bonds is 17. The fourth-order valence-electron chi connectivity index (χ4n) is 4.40. The Morgan fingerprint density at radius 1 is 0.672 bits per heavy atom. The summed E-state index contributed by atoms with van der Waals surface area (Å²) in [6.45, 7) is 19.0. The molecule has 0 saturated carbocycles. The maximum Gasteiger partial charge on any atom is 2.00 e. The van der Waals surface area contributed by atoms with Crippen LogP contribution in [0.5, 0.6) is 11.5 Å². The van der Waals surface area contributed by atoms with Gasteiger partial charge in [0.25, 0.3) is 11.4 Å². The van der Waals surface area contributed by atoms with Crippen molar-refractivity contribution in [1.29, 1.82) is 0 Å². The van der Waals surface area contributed by atoms with Crippen molar-refractivity contribution in [3.05, 3.63) is 143 Å². The molecule has 3 aromatic heterocycles. The molecule has 0 saturated heterocycles. The summed E-state index contributed by atoms with van der Waals surface area (Å²) >= 11 is 0. The Bertz CT molecular complexity index is 2050. The van der Waals surface area contributed by atoms with Gasteiger partial charge in [0.2, 0.25) is 0 Å². The number of nitrogens with zero attached hydrogens (tertiary/aromatic N) is 9. The molecule has 0 aliphatic heterocycles. The van der Waals surface area contributed by atoms with Crippen LogP contribution in [0.25, 0.3) is 18.6 Å². The number of benzene rings is 2. The van der Waals surface area contributed by atoms with Crippen LogP contribution in [0.2, 0.25) is 0 Å². The van der Waals surface area contributed by atoms with Crippen LogP contribution >= 0.6 is 15.6 Å². The fraction of sp³-hybridized carbons (Fsp3) is 0.206. The topological polar surface area (TPSA) is 211 Å². The first-order chi connectivity index (χ1) is 27.9. The molecular formula is C34H39CuF6N9O9P2. The summed E-state index contributed by atoms with van der Waals surface area (Å²) < 4.78 is 90.8. The van der Waals surface area contributed by atoms with Gasteiger partial charge in [-0.2, -0.15) is 0 Å². The molecule has 0 spiro atoms. The molecule has 0 amide bonds. The summed E-state index contributed by atoms with van der Waals surface area (Å²) in [5.74, 6) is 2.38. The van der Waals surface area contributed by atoms with Gasteiger partial charge in [-0.25, -0.2) is 19.5 Å². The minimum Gasteiger partial charge on any atom is -0.736 e. The zero-order valence-electron chi connectivity index (χ0n) is 32.1. The smallest absolute Gasteiger partial charge is 0.736 e. The molecule has 0 aliphatic carbocycles. The van der Waals surface area contributed by atoms with Crippen LogP contribution in [0, 0.1) is 20.2 Å². The van der Waals surface area contributed by atoms with Crippen LogP contribution in [0.3, 0.4) is 0 Å². The quantitative estimate of drug-likeness (QED) is 0.0280. The van der Waals surface area contributed by atoms with Crippen LogP contribution in [-0.4, -0.2) is 56.6 Å². The van der Waals surface area contributed by atoms with Crippen molar-refractivity contribution in [1.82, 2.24) is 33.6 Å². The molecule has 337 valence electrons.